The van der Waals surface area contributed by atoms with Crippen LogP contribution in [0.4, 0.5) is 5.95 Å². The van der Waals surface area contributed by atoms with E-state index in [2.05, 4.69) is 54.8 Å². The highest BCUT2D eigenvalue weighted by molar-refractivity contribution is 9.10. The van der Waals surface area contributed by atoms with Crippen molar-refractivity contribution in [3.63, 3.8) is 0 Å². The lowest BCUT2D eigenvalue weighted by atomic mass is 10.0. The Morgan fingerprint density at radius 1 is 1.08 bits per heavy atom. The van der Waals surface area contributed by atoms with Gasteiger partial charge in [0, 0.05) is 44.6 Å². The molecule has 0 saturated carbocycles. The Morgan fingerprint density at radius 2 is 1.80 bits per heavy atom. The smallest absolute Gasteiger partial charge is 0.231 e. The number of ether oxygens (including phenoxy) is 2. The number of hydrogen-bond donors (Lipinski definition) is 0. The molecule has 3 heterocycles. The fourth-order valence-corrected chi connectivity index (χ4v) is 3.73. The Morgan fingerprint density at radius 3 is 2.52 bits per heavy atom. The summed E-state index contributed by atoms with van der Waals surface area (Å²) in [6.45, 7) is 6.41. The predicted molar refractivity (Wildman–Crippen MR) is 99.1 cm³/mol. The molecule has 2 aliphatic heterocycles. The molecule has 1 aromatic carbocycles. The van der Waals surface area contributed by atoms with Crippen molar-refractivity contribution in [2.45, 2.75) is 19.4 Å². The molecule has 2 aliphatic rings. The molecule has 132 valence electrons. The van der Waals surface area contributed by atoms with Gasteiger partial charge in [0.25, 0.3) is 0 Å². The molecular formula is C18H21BrN4O2. The van der Waals surface area contributed by atoms with E-state index in [0.717, 1.165) is 54.5 Å². The number of aromatic nitrogens is 2. The SMILES string of the molecule is CC[C@@H](c1ccc2c(c1)OCO2)N1CCN(c2ncc(Br)cn2)CC1. The van der Waals surface area contributed by atoms with Crippen LogP contribution < -0.4 is 14.4 Å². The van der Waals surface area contributed by atoms with Gasteiger partial charge >= 0.3 is 0 Å². The Kier molecular flexibility index (Phi) is 4.76. The van der Waals surface area contributed by atoms with Crippen LogP contribution in [0.2, 0.25) is 0 Å². The summed E-state index contributed by atoms with van der Waals surface area (Å²) in [4.78, 5) is 13.6. The molecule has 0 N–H and O–H groups in total. The van der Waals surface area contributed by atoms with Crippen LogP contribution in [0.3, 0.4) is 0 Å². The Hall–Kier alpha value is -1.86. The monoisotopic (exact) mass is 404 g/mol. The molecular weight excluding hydrogens is 384 g/mol. The van der Waals surface area contributed by atoms with E-state index < -0.39 is 0 Å². The molecule has 7 heteroatoms. The van der Waals surface area contributed by atoms with Crippen molar-refractivity contribution in [3.05, 3.63) is 40.6 Å². The highest BCUT2D eigenvalue weighted by Gasteiger charge is 2.26. The molecule has 0 unspecified atom stereocenters. The Balaban J connectivity index is 1.44. The molecule has 1 saturated heterocycles. The van der Waals surface area contributed by atoms with E-state index >= 15 is 0 Å². The van der Waals surface area contributed by atoms with Crippen molar-refractivity contribution in [1.82, 2.24) is 14.9 Å². The first-order valence-corrected chi connectivity index (χ1v) is 9.40. The molecule has 0 aliphatic carbocycles. The molecule has 1 aromatic heterocycles. The lowest BCUT2D eigenvalue weighted by molar-refractivity contribution is 0.172. The fourth-order valence-electron chi connectivity index (χ4n) is 3.53. The number of nitrogens with zero attached hydrogens (tertiary/aromatic N) is 4. The highest BCUT2D eigenvalue weighted by Crippen LogP contribution is 2.36. The average molecular weight is 405 g/mol. The van der Waals surface area contributed by atoms with E-state index in [0.29, 0.717) is 12.8 Å². The maximum atomic E-state index is 5.54. The maximum Gasteiger partial charge on any atom is 0.231 e. The standard InChI is InChI=1S/C18H21BrN4O2/c1-2-15(13-3-4-16-17(9-13)25-12-24-16)22-5-7-23(8-6-22)18-20-10-14(19)11-21-18/h3-4,9-11,15H,2,5-8,12H2,1H3/t15-/m0/s1. The van der Waals surface area contributed by atoms with Gasteiger partial charge in [-0.05, 0) is 40.0 Å². The molecule has 0 bridgehead atoms. The second-order valence-corrected chi connectivity index (χ2v) is 7.18. The van der Waals surface area contributed by atoms with Gasteiger partial charge < -0.3 is 14.4 Å². The first kappa shape index (κ1) is 16.6. The van der Waals surface area contributed by atoms with Crippen LogP contribution >= 0.6 is 15.9 Å². The molecule has 25 heavy (non-hydrogen) atoms. The van der Waals surface area contributed by atoms with Gasteiger partial charge in [0.1, 0.15) is 0 Å². The number of anilines is 1. The molecule has 0 radical (unpaired) electrons. The van der Waals surface area contributed by atoms with Gasteiger partial charge in [-0.25, -0.2) is 9.97 Å². The second kappa shape index (κ2) is 7.17. The average Bonchev–Trinajstić information content (AvgIpc) is 3.12. The van der Waals surface area contributed by atoms with Crippen molar-refractivity contribution >= 4 is 21.9 Å². The summed E-state index contributed by atoms with van der Waals surface area (Å²) in [6.07, 6.45) is 4.67. The van der Waals surface area contributed by atoms with Gasteiger partial charge in [-0.1, -0.05) is 13.0 Å². The lowest BCUT2D eigenvalue weighted by Crippen LogP contribution is -2.48. The van der Waals surface area contributed by atoms with Gasteiger partial charge in [0.05, 0.1) is 4.47 Å². The second-order valence-electron chi connectivity index (χ2n) is 6.26. The first-order valence-electron chi connectivity index (χ1n) is 8.60. The third kappa shape index (κ3) is 3.43. The largest absolute Gasteiger partial charge is 0.454 e. The normalized spacial score (nSPS) is 18.4. The van der Waals surface area contributed by atoms with Gasteiger partial charge in [-0.15, -0.1) is 0 Å². The number of benzene rings is 1. The van der Waals surface area contributed by atoms with Crippen LogP contribution in [0, 0.1) is 0 Å². The van der Waals surface area contributed by atoms with Crippen LogP contribution in [-0.2, 0) is 0 Å². The van der Waals surface area contributed by atoms with E-state index in [-0.39, 0.29) is 0 Å². The van der Waals surface area contributed by atoms with E-state index in [1.165, 1.54) is 5.56 Å². The molecule has 4 rings (SSSR count). The quantitative estimate of drug-likeness (QED) is 0.779. The number of hydrogen-bond acceptors (Lipinski definition) is 6. The van der Waals surface area contributed by atoms with E-state index in [1.807, 2.05) is 6.07 Å². The minimum atomic E-state index is 0.321. The maximum absolute atomic E-state index is 5.54. The fraction of sp³-hybridized carbons (Fsp3) is 0.444. The molecule has 2 aromatic rings. The number of halogens is 1. The van der Waals surface area contributed by atoms with E-state index in [4.69, 9.17) is 9.47 Å². The lowest BCUT2D eigenvalue weighted by Gasteiger charge is -2.39. The molecule has 1 fully saturated rings. The molecule has 0 amide bonds. The number of rotatable bonds is 4. The van der Waals surface area contributed by atoms with Gasteiger partial charge in [0.2, 0.25) is 12.7 Å². The van der Waals surface area contributed by atoms with Crippen molar-refractivity contribution in [3.8, 4) is 11.5 Å². The highest BCUT2D eigenvalue weighted by atomic mass is 79.9. The zero-order chi connectivity index (χ0) is 17.2. The van der Waals surface area contributed by atoms with Crippen LogP contribution in [-0.4, -0.2) is 47.8 Å². The molecule has 1 atom stereocenters. The van der Waals surface area contributed by atoms with Crippen molar-refractivity contribution in [2.75, 3.05) is 37.9 Å². The third-order valence-corrected chi connectivity index (χ3v) is 5.22. The molecule has 6 nitrogen and oxygen atoms in total. The van der Waals surface area contributed by atoms with Crippen molar-refractivity contribution in [2.24, 2.45) is 0 Å². The van der Waals surface area contributed by atoms with E-state index in [9.17, 15) is 0 Å². The van der Waals surface area contributed by atoms with Crippen molar-refractivity contribution in [1.29, 1.82) is 0 Å². The Labute approximate surface area is 155 Å². The molecule has 0 spiro atoms. The van der Waals surface area contributed by atoms with Crippen LogP contribution in [0.1, 0.15) is 24.9 Å². The summed E-state index contributed by atoms with van der Waals surface area (Å²) < 4.78 is 11.9. The summed E-state index contributed by atoms with van der Waals surface area (Å²) in [5.41, 5.74) is 1.29. The summed E-state index contributed by atoms with van der Waals surface area (Å²) >= 11 is 3.38. The zero-order valence-electron chi connectivity index (χ0n) is 14.2. The summed E-state index contributed by atoms with van der Waals surface area (Å²) in [5, 5.41) is 0. The van der Waals surface area contributed by atoms with Gasteiger partial charge in [-0.3, -0.25) is 4.90 Å². The topological polar surface area (TPSA) is 50.7 Å². The number of fused-ring (bicyclic) bond motifs is 1. The van der Waals surface area contributed by atoms with Crippen LogP contribution in [0.15, 0.2) is 35.1 Å². The van der Waals surface area contributed by atoms with E-state index in [1.54, 1.807) is 12.4 Å². The van der Waals surface area contributed by atoms with Crippen LogP contribution in [0.25, 0.3) is 0 Å². The third-order valence-electron chi connectivity index (χ3n) is 4.81. The minimum absolute atomic E-state index is 0.321. The predicted octanol–water partition coefficient (Wildman–Crippen LogP) is 3.24. The van der Waals surface area contributed by atoms with Crippen molar-refractivity contribution < 1.29 is 9.47 Å². The minimum Gasteiger partial charge on any atom is -0.454 e. The van der Waals surface area contributed by atoms with Gasteiger partial charge in [0.15, 0.2) is 11.5 Å². The zero-order valence-corrected chi connectivity index (χ0v) is 15.8. The van der Waals surface area contributed by atoms with Crippen LogP contribution in [0.5, 0.6) is 11.5 Å². The first-order chi connectivity index (χ1) is 12.2. The van der Waals surface area contributed by atoms with Gasteiger partial charge in [-0.2, -0.15) is 0 Å². The summed E-state index contributed by atoms with van der Waals surface area (Å²) in [5.74, 6) is 2.51. The summed E-state index contributed by atoms with van der Waals surface area (Å²) in [6, 6.07) is 6.70. The number of piperazine rings is 1. The Bertz CT molecular complexity index is 732. The summed E-state index contributed by atoms with van der Waals surface area (Å²) in [7, 11) is 0.